The van der Waals surface area contributed by atoms with E-state index in [0.29, 0.717) is 9.90 Å². The first kappa shape index (κ1) is 20.1. The number of amides is 1. The van der Waals surface area contributed by atoms with Gasteiger partial charge in [-0.1, -0.05) is 41.9 Å². The highest BCUT2D eigenvalue weighted by molar-refractivity contribution is 7.91. The highest BCUT2D eigenvalue weighted by atomic mass is 35.5. The zero-order valence-electron chi connectivity index (χ0n) is 15.6. The fourth-order valence-electron chi connectivity index (χ4n) is 3.48. The van der Waals surface area contributed by atoms with Crippen LogP contribution in [0.3, 0.4) is 0 Å². The minimum Gasteiger partial charge on any atom is -0.305 e. The van der Waals surface area contributed by atoms with Crippen molar-refractivity contribution in [3.63, 3.8) is 0 Å². The Morgan fingerprint density at radius 1 is 1.17 bits per heavy atom. The van der Waals surface area contributed by atoms with Crippen molar-refractivity contribution in [2.24, 2.45) is 0 Å². The molecular weight excluding hydrogens is 428 g/mol. The standard InChI is InChI=1S/C21H19ClN2O3S2/c1-14-11-17-8-7-15(13-23-29(26,27)20-10-9-19(22)28-20)12-18(17)24(14)21(25)16-5-3-2-4-6-16/h2-10,12,14,23H,11,13H2,1H3/t14-/m1/s1. The van der Waals surface area contributed by atoms with E-state index in [1.54, 1.807) is 23.1 Å². The van der Waals surface area contributed by atoms with Gasteiger partial charge in [0.1, 0.15) is 4.21 Å². The van der Waals surface area contributed by atoms with Gasteiger partial charge in [0.25, 0.3) is 5.91 Å². The number of thiophene rings is 1. The highest BCUT2D eigenvalue weighted by Gasteiger charge is 2.31. The number of nitrogens with zero attached hydrogens (tertiary/aromatic N) is 1. The lowest BCUT2D eigenvalue weighted by atomic mass is 10.1. The number of anilines is 1. The normalized spacial score (nSPS) is 16.1. The van der Waals surface area contributed by atoms with Gasteiger partial charge < -0.3 is 4.90 Å². The van der Waals surface area contributed by atoms with Crippen LogP contribution in [-0.4, -0.2) is 20.4 Å². The molecule has 0 saturated heterocycles. The Kier molecular flexibility index (Phi) is 5.48. The summed E-state index contributed by atoms with van der Waals surface area (Å²) in [5, 5.41) is 0. The van der Waals surface area contributed by atoms with Gasteiger partial charge >= 0.3 is 0 Å². The van der Waals surface area contributed by atoms with Crippen LogP contribution in [0, 0.1) is 0 Å². The van der Waals surface area contributed by atoms with Gasteiger partial charge in [0.15, 0.2) is 0 Å². The number of carbonyl (C=O) groups is 1. The van der Waals surface area contributed by atoms with Crippen molar-refractivity contribution in [1.29, 1.82) is 0 Å². The summed E-state index contributed by atoms with van der Waals surface area (Å²) in [7, 11) is -3.63. The van der Waals surface area contributed by atoms with E-state index in [9.17, 15) is 13.2 Å². The third-order valence-corrected chi connectivity index (χ3v) is 8.01. The third kappa shape index (κ3) is 4.09. The van der Waals surface area contributed by atoms with Crippen molar-refractivity contribution in [2.75, 3.05) is 4.90 Å². The van der Waals surface area contributed by atoms with E-state index in [2.05, 4.69) is 4.72 Å². The molecule has 2 aromatic carbocycles. The molecule has 0 radical (unpaired) electrons. The molecule has 0 aliphatic carbocycles. The van der Waals surface area contributed by atoms with Crippen molar-refractivity contribution >= 4 is 44.6 Å². The summed E-state index contributed by atoms with van der Waals surface area (Å²) in [4.78, 5) is 14.8. The van der Waals surface area contributed by atoms with E-state index >= 15 is 0 Å². The molecule has 0 unspecified atom stereocenters. The van der Waals surface area contributed by atoms with Gasteiger partial charge in [0.2, 0.25) is 10.0 Å². The molecule has 29 heavy (non-hydrogen) atoms. The number of hydrogen-bond acceptors (Lipinski definition) is 4. The van der Waals surface area contributed by atoms with Crippen LogP contribution in [-0.2, 0) is 23.0 Å². The summed E-state index contributed by atoms with van der Waals surface area (Å²) < 4.78 is 28.1. The van der Waals surface area contributed by atoms with Gasteiger partial charge in [0.05, 0.1) is 4.34 Å². The second-order valence-corrected chi connectivity index (χ2v) is 10.6. The molecule has 4 rings (SSSR count). The van der Waals surface area contributed by atoms with Crippen molar-refractivity contribution in [2.45, 2.75) is 30.1 Å². The third-order valence-electron chi connectivity index (χ3n) is 4.88. The van der Waals surface area contributed by atoms with Gasteiger partial charge in [-0.2, -0.15) is 0 Å². The molecule has 1 aliphatic heterocycles. The quantitative estimate of drug-likeness (QED) is 0.628. The summed E-state index contributed by atoms with van der Waals surface area (Å²) in [6.45, 7) is 2.15. The van der Waals surface area contributed by atoms with Gasteiger partial charge in [-0.3, -0.25) is 4.79 Å². The van der Waals surface area contributed by atoms with Gasteiger partial charge in [-0.25, -0.2) is 13.1 Å². The molecule has 0 saturated carbocycles. The zero-order valence-corrected chi connectivity index (χ0v) is 18.0. The number of carbonyl (C=O) groups excluding carboxylic acids is 1. The number of rotatable bonds is 5. The molecule has 5 nitrogen and oxygen atoms in total. The lowest BCUT2D eigenvalue weighted by molar-refractivity contribution is 0.0981. The van der Waals surface area contributed by atoms with Crippen LogP contribution >= 0.6 is 22.9 Å². The molecule has 8 heteroatoms. The summed E-state index contributed by atoms with van der Waals surface area (Å²) in [6.07, 6.45) is 0.771. The maximum atomic E-state index is 13.0. The molecule has 0 spiro atoms. The summed E-state index contributed by atoms with van der Waals surface area (Å²) in [6, 6.07) is 18.0. The number of hydrogen-bond donors (Lipinski definition) is 1. The summed E-state index contributed by atoms with van der Waals surface area (Å²) in [5.41, 5.74) is 3.34. The molecule has 0 fully saturated rings. The lowest BCUT2D eigenvalue weighted by Crippen LogP contribution is -2.35. The van der Waals surface area contributed by atoms with Crippen LogP contribution in [0.5, 0.6) is 0 Å². The lowest BCUT2D eigenvalue weighted by Gasteiger charge is -2.23. The maximum absolute atomic E-state index is 13.0. The second kappa shape index (κ2) is 7.91. The molecule has 150 valence electrons. The zero-order chi connectivity index (χ0) is 20.6. The number of benzene rings is 2. The van der Waals surface area contributed by atoms with Crippen LogP contribution < -0.4 is 9.62 Å². The van der Waals surface area contributed by atoms with Gasteiger partial charge in [-0.05, 0) is 54.8 Å². The SMILES string of the molecule is C[C@@H]1Cc2ccc(CNS(=O)(=O)c3ccc(Cl)s3)cc2N1C(=O)c1ccccc1. The average molecular weight is 447 g/mol. The Bertz CT molecular complexity index is 1160. The van der Waals surface area contributed by atoms with Gasteiger partial charge in [0, 0.05) is 23.8 Å². The molecular formula is C21H19ClN2O3S2. The Morgan fingerprint density at radius 3 is 2.62 bits per heavy atom. The first-order valence-corrected chi connectivity index (χ1v) is 11.8. The predicted octanol–water partition coefficient (Wildman–Crippen LogP) is 4.47. The van der Waals surface area contributed by atoms with Crippen LogP contribution in [0.15, 0.2) is 64.9 Å². The molecule has 1 amide bonds. The molecule has 3 aromatic rings. The van der Waals surface area contributed by atoms with E-state index in [1.807, 2.05) is 43.3 Å². The largest absolute Gasteiger partial charge is 0.305 e. The fraction of sp³-hybridized carbons (Fsp3) is 0.190. The van der Waals surface area contributed by atoms with Crippen molar-refractivity contribution < 1.29 is 13.2 Å². The van der Waals surface area contributed by atoms with Crippen LogP contribution in [0.2, 0.25) is 4.34 Å². The van der Waals surface area contributed by atoms with E-state index in [-0.39, 0.29) is 22.7 Å². The summed E-state index contributed by atoms with van der Waals surface area (Å²) in [5.74, 6) is -0.0530. The van der Waals surface area contributed by atoms with E-state index in [1.165, 1.54) is 6.07 Å². The summed E-state index contributed by atoms with van der Waals surface area (Å²) >= 11 is 6.86. The Hall–Kier alpha value is -2.19. The highest BCUT2D eigenvalue weighted by Crippen LogP contribution is 2.34. The van der Waals surface area contributed by atoms with E-state index in [4.69, 9.17) is 11.6 Å². The topological polar surface area (TPSA) is 66.5 Å². The molecule has 1 aliphatic rings. The molecule has 0 bridgehead atoms. The van der Waals surface area contributed by atoms with Crippen LogP contribution in [0.25, 0.3) is 0 Å². The predicted molar refractivity (Wildman–Crippen MR) is 116 cm³/mol. The Balaban J connectivity index is 1.57. The maximum Gasteiger partial charge on any atom is 0.258 e. The number of fused-ring (bicyclic) bond motifs is 1. The second-order valence-electron chi connectivity index (χ2n) is 6.94. The van der Waals surface area contributed by atoms with Crippen LogP contribution in [0.4, 0.5) is 5.69 Å². The first-order chi connectivity index (χ1) is 13.8. The molecule has 1 atom stereocenters. The monoisotopic (exact) mass is 446 g/mol. The number of nitrogens with one attached hydrogen (secondary N) is 1. The van der Waals surface area contributed by atoms with Gasteiger partial charge in [-0.15, -0.1) is 11.3 Å². The molecule has 2 heterocycles. The van der Waals surface area contributed by atoms with Crippen molar-refractivity contribution in [3.05, 3.63) is 81.7 Å². The van der Waals surface area contributed by atoms with E-state index < -0.39 is 10.0 Å². The van der Waals surface area contributed by atoms with Crippen molar-refractivity contribution in [3.8, 4) is 0 Å². The average Bonchev–Trinajstić information content (AvgIpc) is 3.29. The number of halogens is 1. The minimum absolute atomic E-state index is 0.0397. The number of sulfonamides is 1. The molecule has 1 N–H and O–H groups in total. The Morgan fingerprint density at radius 2 is 1.93 bits per heavy atom. The Labute approximate surface area is 179 Å². The van der Waals surface area contributed by atoms with Crippen molar-refractivity contribution in [1.82, 2.24) is 4.72 Å². The molecule has 1 aromatic heterocycles. The smallest absolute Gasteiger partial charge is 0.258 e. The van der Waals surface area contributed by atoms with Crippen LogP contribution in [0.1, 0.15) is 28.4 Å². The van der Waals surface area contributed by atoms with E-state index in [0.717, 1.165) is 34.6 Å². The first-order valence-electron chi connectivity index (χ1n) is 9.10. The fourth-order valence-corrected chi connectivity index (χ4v) is 6.03. The minimum atomic E-state index is -3.63.